The SMILES string of the molecule is Cc1ccc2c(c1)nc(CNC(=O)NC1COc3c(C)cccc3C1)n2C. The number of ether oxygens (including phenoxy) is 1. The van der Waals surface area contributed by atoms with Gasteiger partial charge in [0.25, 0.3) is 0 Å². The first-order valence-electron chi connectivity index (χ1n) is 9.19. The van der Waals surface area contributed by atoms with E-state index in [1.54, 1.807) is 0 Å². The van der Waals surface area contributed by atoms with Gasteiger partial charge in [0.15, 0.2) is 0 Å². The van der Waals surface area contributed by atoms with Crippen molar-refractivity contribution < 1.29 is 9.53 Å². The molecule has 2 aromatic carbocycles. The highest BCUT2D eigenvalue weighted by atomic mass is 16.5. The fraction of sp³-hybridized carbons (Fsp3) is 0.333. The van der Waals surface area contributed by atoms with E-state index in [1.165, 1.54) is 5.56 Å². The molecular weight excluding hydrogens is 340 g/mol. The number of aromatic nitrogens is 2. The zero-order valence-corrected chi connectivity index (χ0v) is 15.9. The van der Waals surface area contributed by atoms with E-state index in [4.69, 9.17) is 4.74 Å². The lowest BCUT2D eigenvalue weighted by molar-refractivity contribution is 0.213. The number of amides is 2. The quantitative estimate of drug-likeness (QED) is 0.751. The predicted molar refractivity (Wildman–Crippen MR) is 105 cm³/mol. The molecule has 0 radical (unpaired) electrons. The van der Waals surface area contributed by atoms with Crippen molar-refractivity contribution in [3.05, 3.63) is 58.9 Å². The molecule has 0 saturated heterocycles. The highest BCUT2D eigenvalue weighted by Gasteiger charge is 2.22. The van der Waals surface area contributed by atoms with Gasteiger partial charge < -0.3 is 19.9 Å². The molecule has 0 bridgehead atoms. The number of imidazole rings is 1. The van der Waals surface area contributed by atoms with E-state index >= 15 is 0 Å². The summed E-state index contributed by atoms with van der Waals surface area (Å²) in [5.41, 5.74) is 5.45. The minimum absolute atomic E-state index is 0.0395. The second kappa shape index (κ2) is 6.95. The number of hydrogen-bond donors (Lipinski definition) is 2. The van der Waals surface area contributed by atoms with Crippen LogP contribution in [0.2, 0.25) is 0 Å². The summed E-state index contributed by atoms with van der Waals surface area (Å²) >= 11 is 0. The van der Waals surface area contributed by atoms with E-state index in [0.29, 0.717) is 13.2 Å². The number of nitrogens with zero attached hydrogens (tertiary/aromatic N) is 2. The maximum absolute atomic E-state index is 12.3. The fourth-order valence-corrected chi connectivity index (χ4v) is 3.60. The number of hydrogen-bond acceptors (Lipinski definition) is 3. The van der Waals surface area contributed by atoms with E-state index < -0.39 is 0 Å². The van der Waals surface area contributed by atoms with Crippen molar-refractivity contribution in [1.82, 2.24) is 20.2 Å². The lowest BCUT2D eigenvalue weighted by atomic mass is 10.0. The molecule has 1 aromatic heterocycles. The van der Waals surface area contributed by atoms with Crippen LogP contribution in [0.25, 0.3) is 11.0 Å². The van der Waals surface area contributed by atoms with Crippen molar-refractivity contribution >= 4 is 17.1 Å². The van der Waals surface area contributed by atoms with Gasteiger partial charge in [0.2, 0.25) is 0 Å². The molecule has 1 atom stereocenters. The van der Waals surface area contributed by atoms with Crippen LogP contribution in [0.5, 0.6) is 5.75 Å². The summed E-state index contributed by atoms with van der Waals surface area (Å²) in [6, 6.07) is 12.0. The summed E-state index contributed by atoms with van der Waals surface area (Å²) in [7, 11) is 1.97. The van der Waals surface area contributed by atoms with E-state index in [2.05, 4.69) is 39.9 Å². The zero-order valence-electron chi connectivity index (χ0n) is 15.9. The molecule has 27 heavy (non-hydrogen) atoms. The van der Waals surface area contributed by atoms with Crippen molar-refractivity contribution in [2.24, 2.45) is 7.05 Å². The van der Waals surface area contributed by atoms with E-state index in [1.807, 2.05) is 37.6 Å². The van der Waals surface area contributed by atoms with Crippen LogP contribution in [-0.4, -0.2) is 28.2 Å². The van der Waals surface area contributed by atoms with Gasteiger partial charge in [-0.2, -0.15) is 0 Å². The maximum Gasteiger partial charge on any atom is 0.315 e. The lowest BCUT2D eigenvalue weighted by Gasteiger charge is -2.27. The molecule has 1 unspecified atom stereocenters. The largest absolute Gasteiger partial charge is 0.491 e. The monoisotopic (exact) mass is 364 g/mol. The molecule has 0 fully saturated rings. The highest BCUT2D eigenvalue weighted by molar-refractivity contribution is 5.77. The second-order valence-corrected chi connectivity index (χ2v) is 7.18. The molecule has 3 aromatic rings. The molecule has 0 spiro atoms. The van der Waals surface area contributed by atoms with Crippen molar-refractivity contribution in [2.75, 3.05) is 6.61 Å². The van der Waals surface area contributed by atoms with Gasteiger partial charge in [0, 0.05) is 7.05 Å². The Balaban J connectivity index is 1.37. The third-order valence-corrected chi connectivity index (χ3v) is 5.06. The molecule has 6 nitrogen and oxygen atoms in total. The maximum atomic E-state index is 12.3. The number of benzene rings is 2. The molecule has 1 aliphatic heterocycles. The average Bonchev–Trinajstić information content (AvgIpc) is 2.95. The third-order valence-electron chi connectivity index (χ3n) is 5.06. The van der Waals surface area contributed by atoms with Gasteiger partial charge in [0.05, 0.1) is 23.6 Å². The van der Waals surface area contributed by atoms with Crippen LogP contribution < -0.4 is 15.4 Å². The number of rotatable bonds is 3. The minimum atomic E-state index is -0.206. The van der Waals surface area contributed by atoms with Gasteiger partial charge in [-0.3, -0.25) is 0 Å². The molecular formula is C21H24N4O2. The summed E-state index contributed by atoms with van der Waals surface area (Å²) in [5, 5.41) is 5.91. The Labute approximate surface area is 158 Å². The van der Waals surface area contributed by atoms with Gasteiger partial charge in [-0.05, 0) is 49.1 Å². The Hall–Kier alpha value is -3.02. The van der Waals surface area contributed by atoms with Crippen LogP contribution in [0.4, 0.5) is 4.79 Å². The number of urea groups is 1. The van der Waals surface area contributed by atoms with E-state index in [-0.39, 0.29) is 12.1 Å². The van der Waals surface area contributed by atoms with Gasteiger partial charge in [-0.1, -0.05) is 24.3 Å². The van der Waals surface area contributed by atoms with Crippen molar-refractivity contribution in [3.63, 3.8) is 0 Å². The molecule has 2 heterocycles. The molecule has 0 aliphatic carbocycles. The number of fused-ring (bicyclic) bond motifs is 2. The summed E-state index contributed by atoms with van der Waals surface area (Å²) in [6.07, 6.45) is 0.774. The third kappa shape index (κ3) is 3.47. The Morgan fingerprint density at radius 2 is 2.15 bits per heavy atom. The zero-order chi connectivity index (χ0) is 19.0. The van der Waals surface area contributed by atoms with Gasteiger partial charge >= 0.3 is 6.03 Å². The van der Waals surface area contributed by atoms with Gasteiger partial charge in [0.1, 0.15) is 18.2 Å². The van der Waals surface area contributed by atoms with Crippen molar-refractivity contribution in [2.45, 2.75) is 32.9 Å². The van der Waals surface area contributed by atoms with Crippen LogP contribution in [0, 0.1) is 13.8 Å². The second-order valence-electron chi connectivity index (χ2n) is 7.18. The molecule has 4 rings (SSSR count). The summed E-state index contributed by atoms with van der Waals surface area (Å²) in [5.74, 6) is 1.78. The number of nitrogens with one attached hydrogen (secondary N) is 2. The lowest BCUT2D eigenvalue weighted by Crippen LogP contribution is -2.47. The summed E-state index contributed by atoms with van der Waals surface area (Å²) < 4.78 is 7.85. The number of carbonyl (C=O) groups excluding carboxylic acids is 1. The van der Waals surface area contributed by atoms with Crippen molar-refractivity contribution in [3.8, 4) is 5.75 Å². The molecule has 2 amide bonds. The first-order valence-corrected chi connectivity index (χ1v) is 9.19. The standard InChI is InChI=1S/C21H24N4O2/c1-13-7-8-18-17(9-13)24-19(25(18)3)11-22-21(26)23-16-10-15-6-4-5-14(2)20(15)27-12-16/h4-9,16H,10-12H2,1-3H3,(H2,22,23,26). The van der Waals surface area contributed by atoms with Crippen LogP contribution in [0.15, 0.2) is 36.4 Å². The number of aryl methyl sites for hydroxylation is 3. The van der Waals surface area contributed by atoms with Gasteiger partial charge in [-0.15, -0.1) is 0 Å². The first kappa shape index (κ1) is 17.4. The van der Waals surface area contributed by atoms with E-state index in [9.17, 15) is 4.79 Å². The molecule has 140 valence electrons. The van der Waals surface area contributed by atoms with Crippen LogP contribution in [-0.2, 0) is 20.0 Å². The summed E-state index contributed by atoms with van der Waals surface area (Å²) in [6.45, 7) is 4.94. The number of carbonyl (C=O) groups is 1. The molecule has 6 heteroatoms. The predicted octanol–water partition coefficient (Wildman–Crippen LogP) is 2.99. The summed E-state index contributed by atoms with van der Waals surface area (Å²) in [4.78, 5) is 17.0. The fourth-order valence-electron chi connectivity index (χ4n) is 3.60. The van der Waals surface area contributed by atoms with Gasteiger partial charge in [-0.25, -0.2) is 9.78 Å². The molecule has 0 saturated carbocycles. The smallest absolute Gasteiger partial charge is 0.315 e. The van der Waals surface area contributed by atoms with Crippen LogP contribution in [0.1, 0.15) is 22.5 Å². The van der Waals surface area contributed by atoms with Crippen LogP contribution >= 0.6 is 0 Å². The minimum Gasteiger partial charge on any atom is -0.491 e. The number of para-hydroxylation sites is 1. The Morgan fingerprint density at radius 1 is 1.30 bits per heavy atom. The van der Waals surface area contributed by atoms with E-state index in [0.717, 1.165) is 40.2 Å². The van der Waals surface area contributed by atoms with Crippen LogP contribution in [0.3, 0.4) is 0 Å². The Kier molecular flexibility index (Phi) is 4.48. The highest BCUT2D eigenvalue weighted by Crippen LogP contribution is 2.28. The topological polar surface area (TPSA) is 68.2 Å². The molecule has 1 aliphatic rings. The average molecular weight is 364 g/mol. The Morgan fingerprint density at radius 3 is 3.00 bits per heavy atom. The first-order chi connectivity index (χ1) is 13.0. The Bertz CT molecular complexity index is 1010. The van der Waals surface area contributed by atoms with Crippen molar-refractivity contribution in [1.29, 1.82) is 0 Å². The molecule has 2 N–H and O–H groups in total. The normalized spacial score (nSPS) is 15.9.